The molecule has 2 heterocycles. The molecular formula is C21H17N3O5. The highest BCUT2D eigenvalue weighted by Crippen LogP contribution is 2.24. The van der Waals surface area contributed by atoms with Gasteiger partial charge in [0.15, 0.2) is 11.7 Å². The van der Waals surface area contributed by atoms with Crippen LogP contribution in [-0.2, 0) is 9.53 Å². The fourth-order valence-electron chi connectivity index (χ4n) is 2.61. The Hall–Kier alpha value is -3.94. The molecule has 0 saturated heterocycles. The first-order valence-corrected chi connectivity index (χ1v) is 8.84. The largest absolute Gasteiger partial charge is 0.497 e. The molecule has 2 aromatic carbocycles. The molecule has 0 fully saturated rings. The van der Waals surface area contributed by atoms with Gasteiger partial charge in [-0.2, -0.15) is 0 Å². The number of carbonyl (C=O) groups is 1. The second-order valence-corrected chi connectivity index (χ2v) is 6.11. The van der Waals surface area contributed by atoms with Crippen molar-refractivity contribution in [2.24, 2.45) is 0 Å². The number of para-hydroxylation sites is 2. The van der Waals surface area contributed by atoms with E-state index in [4.69, 9.17) is 18.3 Å². The Morgan fingerprint density at radius 1 is 1.07 bits per heavy atom. The SMILES string of the molecule is COc1ccc(-c2nnc(C(C)OC(=O)/C=C/c3nc4ccccc4o3)o2)cc1. The lowest BCUT2D eigenvalue weighted by molar-refractivity contribution is -0.143. The van der Waals surface area contributed by atoms with Crippen LogP contribution in [0.1, 0.15) is 24.8 Å². The van der Waals surface area contributed by atoms with Gasteiger partial charge in [0.05, 0.1) is 7.11 Å². The third-order valence-electron chi connectivity index (χ3n) is 4.09. The van der Waals surface area contributed by atoms with E-state index in [0.717, 1.165) is 11.3 Å². The molecule has 0 radical (unpaired) electrons. The van der Waals surface area contributed by atoms with E-state index in [1.54, 1.807) is 44.4 Å². The minimum atomic E-state index is -0.713. The summed E-state index contributed by atoms with van der Waals surface area (Å²) < 4.78 is 21.6. The molecule has 1 atom stereocenters. The number of ether oxygens (including phenoxy) is 2. The standard InChI is InChI=1S/C21H17N3O5/c1-13(20-23-24-21(29-20)14-7-9-15(26-2)10-8-14)27-19(25)12-11-18-22-16-5-3-4-6-17(16)28-18/h3-13H,1-2H3/b12-11+. The van der Waals surface area contributed by atoms with Crippen molar-refractivity contribution in [2.45, 2.75) is 13.0 Å². The van der Waals surface area contributed by atoms with Crippen LogP contribution in [0.15, 0.2) is 63.4 Å². The lowest BCUT2D eigenvalue weighted by Crippen LogP contribution is -2.06. The molecule has 1 unspecified atom stereocenters. The first-order valence-electron chi connectivity index (χ1n) is 8.84. The zero-order chi connectivity index (χ0) is 20.2. The maximum Gasteiger partial charge on any atom is 0.331 e. The number of esters is 1. The van der Waals surface area contributed by atoms with Gasteiger partial charge in [0, 0.05) is 17.7 Å². The van der Waals surface area contributed by atoms with Crippen LogP contribution in [0.4, 0.5) is 0 Å². The van der Waals surface area contributed by atoms with Gasteiger partial charge in [-0.1, -0.05) is 12.1 Å². The predicted octanol–water partition coefficient (Wildman–Crippen LogP) is 4.20. The molecule has 29 heavy (non-hydrogen) atoms. The lowest BCUT2D eigenvalue weighted by atomic mass is 10.2. The zero-order valence-corrected chi connectivity index (χ0v) is 15.7. The van der Waals surface area contributed by atoms with Crippen molar-refractivity contribution in [1.29, 1.82) is 0 Å². The minimum Gasteiger partial charge on any atom is -0.497 e. The van der Waals surface area contributed by atoms with Gasteiger partial charge in [-0.15, -0.1) is 10.2 Å². The van der Waals surface area contributed by atoms with Gasteiger partial charge in [-0.3, -0.25) is 0 Å². The maximum absolute atomic E-state index is 12.1. The molecule has 0 spiro atoms. The number of nitrogens with zero attached hydrogens (tertiary/aromatic N) is 3. The van der Waals surface area contributed by atoms with Gasteiger partial charge < -0.3 is 18.3 Å². The van der Waals surface area contributed by atoms with Crippen LogP contribution in [0.5, 0.6) is 5.75 Å². The molecule has 0 N–H and O–H groups in total. The van der Waals surface area contributed by atoms with E-state index in [-0.39, 0.29) is 5.89 Å². The molecule has 0 amide bonds. The van der Waals surface area contributed by atoms with Crippen molar-refractivity contribution in [3.05, 3.63) is 66.4 Å². The van der Waals surface area contributed by atoms with Gasteiger partial charge >= 0.3 is 5.97 Å². The van der Waals surface area contributed by atoms with Crippen molar-refractivity contribution in [3.8, 4) is 17.2 Å². The van der Waals surface area contributed by atoms with Crippen LogP contribution < -0.4 is 4.74 Å². The summed E-state index contributed by atoms with van der Waals surface area (Å²) in [6, 6.07) is 14.5. The van der Waals surface area contributed by atoms with Gasteiger partial charge in [0.25, 0.3) is 5.89 Å². The molecule has 4 rings (SSSR count). The summed E-state index contributed by atoms with van der Waals surface area (Å²) in [5, 5.41) is 7.95. The molecule has 0 aliphatic rings. The summed E-state index contributed by atoms with van der Waals surface area (Å²) in [5.41, 5.74) is 2.09. The van der Waals surface area contributed by atoms with Crippen molar-refractivity contribution >= 4 is 23.1 Å². The first kappa shape index (κ1) is 18.4. The van der Waals surface area contributed by atoms with Crippen molar-refractivity contribution in [3.63, 3.8) is 0 Å². The van der Waals surface area contributed by atoms with Crippen LogP contribution in [0, 0.1) is 0 Å². The van der Waals surface area contributed by atoms with Crippen LogP contribution in [-0.4, -0.2) is 28.3 Å². The molecule has 8 heteroatoms. The smallest absolute Gasteiger partial charge is 0.331 e. The highest BCUT2D eigenvalue weighted by atomic mass is 16.6. The number of carbonyl (C=O) groups excluding carboxylic acids is 1. The van der Waals surface area contributed by atoms with Gasteiger partial charge in [-0.25, -0.2) is 9.78 Å². The quantitative estimate of drug-likeness (QED) is 0.356. The van der Waals surface area contributed by atoms with E-state index >= 15 is 0 Å². The van der Waals surface area contributed by atoms with Gasteiger partial charge in [0.2, 0.25) is 11.8 Å². The van der Waals surface area contributed by atoms with Crippen LogP contribution in [0.25, 0.3) is 28.6 Å². The summed E-state index contributed by atoms with van der Waals surface area (Å²) in [6.45, 7) is 1.65. The summed E-state index contributed by atoms with van der Waals surface area (Å²) in [4.78, 5) is 16.3. The predicted molar refractivity (Wildman–Crippen MR) is 104 cm³/mol. The van der Waals surface area contributed by atoms with E-state index in [9.17, 15) is 4.79 Å². The lowest BCUT2D eigenvalue weighted by Gasteiger charge is -2.06. The Labute approximate surface area is 165 Å². The summed E-state index contributed by atoms with van der Waals surface area (Å²) in [6.07, 6.45) is 1.98. The van der Waals surface area contributed by atoms with Gasteiger partial charge in [-0.05, 0) is 43.3 Å². The Morgan fingerprint density at radius 3 is 2.62 bits per heavy atom. The number of methoxy groups -OCH3 is 1. The summed E-state index contributed by atoms with van der Waals surface area (Å²) >= 11 is 0. The second-order valence-electron chi connectivity index (χ2n) is 6.11. The highest BCUT2D eigenvalue weighted by Gasteiger charge is 2.18. The third kappa shape index (κ3) is 4.16. The maximum atomic E-state index is 12.1. The molecular weight excluding hydrogens is 374 g/mol. The monoisotopic (exact) mass is 391 g/mol. The fourth-order valence-corrected chi connectivity index (χ4v) is 2.61. The van der Waals surface area contributed by atoms with Crippen LogP contribution in [0.2, 0.25) is 0 Å². The molecule has 0 bridgehead atoms. The number of hydrogen-bond acceptors (Lipinski definition) is 8. The third-order valence-corrected chi connectivity index (χ3v) is 4.09. The Kier molecular flexibility index (Phi) is 5.07. The van der Waals surface area contributed by atoms with Crippen LogP contribution >= 0.6 is 0 Å². The second kappa shape index (κ2) is 7.97. The molecule has 8 nitrogen and oxygen atoms in total. The fraction of sp³-hybridized carbons (Fsp3) is 0.143. The van der Waals surface area contributed by atoms with E-state index in [0.29, 0.717) is 22.9 Å². The Bertz CT molecular complexity index is 1130. The van der Waals surface area contributed by atoms with Crippen molar-refractivity contribution < 1.29 is 23.1 Å². The average molecular weight is 391 g/mol. The van der Waals surface area contributed by atoms with Gasteiger partial charge in [0.1, 0.15) is 11.3 Å². The number of hydrogen-bond donors (Lipinski definition) is 0. The summed E-state index contributed by atoms with van der Waals surface area (Å²) in [5.74, 6) is 0.979. The molecule has 4 aromatic rings. The van der Waals surface area contributed by atoms with Crippen molar-refractivity contribution in [2.75, 3.05) is 7.11 Å². The van der Waals surface area contributed by atoms with E-state index in [1.165, 1.54) is 12.2 Å². The number of oxazole rings is 1. The minimum absolute atomic E-state index is 0.194. The number of benzene rings is 2. The number of rotatable bonds is 6. The topological polar surface area (TPSA) is 100 Å². The van der Waals surface area contributed by atoms with E-state index in [2.05, 4.69) is 15.2 Å². The Morgan fingerprint density at radius 2 is 1.86 bits per heavy atom. The molecule has 146 valence electrons. The van der Waals surface area contributed by atoms with E-state index in [1.807, 2.05) is 18.2 Å². The van der Waals surface area contributed by atoms with Crippen molar-refractivity contribution in [1.82, 2.24) is 15.2 Å². The zero-order valence-electron chi connectivity index (χ0n) is 15.7. The molecule has 2 aromatic heterocycles. The molecule has 0 aliphatic carbocycles. The van der Waals surface area contributed by atoms with E-state index < -0.39 is 12.1 Å². The van der Waals surface area contributed by atoms with Crippen LogP contribution in [0.3, 0.4) is 0 Å². The number of fused-ring (bicyclic) bond motifs is 1. The molecule has 0 saturated carbocycles. The Balaban J connectivity index is 1.40. The summed E-state index contributed by atoms with van der Waals surface area (Å²) in [7, 11) is 1.59. The average Bonchev–Trinajstić information content (AvgIpc) is 3.39. The number of aromatic nitrogens is 3. The normalized spacial score (nSPS) is 12.3. The first-order chi connectivity index (χ1) is 14.1. The highest BCUT2D eigenvalue weighted by molar-refractivity contribution is 5.87. The molecule has 0 aliphatic heterocycles.